The molecule has 120 valence electrons. The van der Waals surface area contributed by atoms with Crippen molar-refractivity contribution in [3.8, 4) is 5.75 Å². The normalized spacial score (nSPS) is 17.3. The van der Waals surface area contributed by atoms with Crippen LogP contribution in [0.3, 0.4) is 0 Å². The lowest BCUT2D eigenvalue weighted by Crippen LogP contribution is -2.33. The van der Waals surface area contributed by atoms with Crippen molar-refractivity contribution in [3.63, 3.8) is 0 Å². The third-order valence-electron chi connectivity index (χ3n) is 3.68. The van der Waals surface area contributed by atoms with Crippen LogP contribution in [0.2, 0.25) is 0 Å². The van der Waals surface area contributed by atoms with Gasteiger partial charge < -0.3 is 15.4 Å². The van der Waals surface area contributed by atoms with E-state index in [1.165, 1.54) is 0 Å². The predicted octanol–water partition coefficient (Wildman–Crippen LogP) is 2.49. The maximum atomic E-state index is 12.2. The number of ether oxygens (including phenoxy) is 1. The molecule has 5 heteroatoms. The van der Waals surface area contributed by atoms with Gasteiger partial charge in [0.05, 0.1) is 11.6 Å². The average Bonchev–Trinajstić information content (AvgIpc) is 2.58. The molecule has 0 fully saturated rings. The topological polar surface area (TPSA) is 67.4 Å². The number of benzene rings is 1. The molecular weight excluding hydrogens is 280 g/mol. The highest BCUT2D eigenvalue weighted by Gasteiger charge is 2.26. The third-order valence-corrected chi connectivity index (χ3v) is 3.68. The number of carbonyl (C=O) groups is 2. The van der Waals surface area contributed by atoms with E-state index in [1.54, 1.807) is 0 Å². The van der Waals surface area contributed by atoms with Gasteiger partial charge in [-0.25, -0.2) is 0 Å². The van der Waals surface area contributed by atoms with Gasteiger partial charge in [-0.3, -0.25) is 9.59 Å². The summed E-state index contributed by atoms with van der Waals surface area (Å²) in [7, 11) is 0. The molecule has 1 aliphatic rings. The van der Waals surface area contributed by atoms with Crippen LogP contribution in [0.15, 0.2) is 18.2 Å². The maximum Gasteiger partial charge on any atom is 0.231 e. The van der Waals surface area contributed by atoms with Gasteiger partial charge in [0, 0.05) is 13.0 Å². The lowest BCUT2D eigenvalue weighted by Gasteiger charge is -2.13. The lowest BCUT2D eigenvalue weighted by molar-refractivity contribution is -0.128. The van der Waals surface area contributed by atoms with Gasteiger partial charge in [-0.05, 0) is 37.0 Å². The molecule has 0 spiro atoms. The van der Waals surface area contributed by atoms with E-state index in [-0.39, 0.29) is 24.8 Å². The fourth-order valence-electron chi connectivity index (χ4n) is 2.30. The fraction of sp³-hybridized carbons (Fsp3) is 0.529. The van der Waals surface area contributed by atoms with Crippen molar-refractivity contribution in [1.82, 2.24) is 5.32 Å². The highest BCUT2D eigenvalue weighted by atomic mass is 16.5. The molecule has 0 aromatic heterocycles. The zero-order valence-corrected chi connectivity index (χ0v) is 13.4. The molecule has 1 aliphatic heterocycles. The Kier molecular flexibility index (Phi) is 5.41. The third kappa shape index (κ3) is 4.48. The minimum Gasteiger partial charge on any atom is -0.491 e. The van der Waals surface area contributed by atoms with Gasteiger partial charge in [-0.2, -0.15) is 0 Å². The van der Waals surface area contributed by atoms with Crippen molar-refractivity contribution in [2.75, 3.05) is 18.5 Å². The number of nitrogens with one attached hydrogen (secondary N) is 2. The minimum absolute atomic E-state index is 0.105. The van der Waals surface area contributed by atoms with Crippen LogP contribution in [0.1, 0.15) is 32.3 Å². The summed E-state index contributed by atoms with van der Waals surface area (Å²) in [6.07, 6.45) is 1.08. The van der Waals surface area contributed by atoms with Crippen molar-refractivity contribution in [2.24, 2.45) is 11.8 Å². The van der Waals surface area contributed by atoms with Crippen LogP contribution >= 0.6 is 0 Å². The first-order chi connectivity index (χ1) is 10.5. The first-order valence-electron chi connectivity index (χ1n) is 7.76. The van der Waals surface area contributed by atoms with Crippen molar-refractivity contribution < 1.29 is 14.3 Å². The molecule has 2 amide bonds. The van der Waals surface area contributed by atoms with Crippen LogP contribution < -0.4 is 15.4 Å². The maximum absolute atomic E-state index is 12.2. The summed E-state index contributed by atoms with van der Waals surface area (Å²) in [5, 5.41) is 5.69. The molecule has 1 atom stereocenters. The Bertz CT molecular complexity index is 555. The van der Waals surface area contributed by atoms with Crippen LogP contribution in [0.25, 0.3) is 0 Å². The summed E-state index contributed by atoms with van der Waals surface area (Å²) < 4.78 is 5.69. The first-order valence-corrected chi connectivity index (χ1v) is 7.76. The molecule has 1 heterocycles. The highest BCUT2D eigenvalue weighted by Crippen LogP contribution is 2.29. The van der Waals surface area contributed by atoms with Crippen molar-refractivity contribution >= 4 is 17.5 Å². The van der Waals surface area contributed by atoms with Crippen LogP contribution in [0, 0.1) is 18.8 Å². The fourth-order valence-corrected chi connectivity index (χ4v) is 2.30. The molecule has 1 unspecified atom stereocenters. The van der Waals surface area contributed by atoms with Gasteiger partial charge in [0.25, 0.3) is 0 Å². The zero-order chi connectivity index (χ0) is 16.1. The summed E-state index contributed by atoms with van der Waals surface area (Å²) in [6, 6.07) is 5.63. The van der Waals surface area contributed by atoms with Gasteiger partial charge >= 0.3 is 0 Å². The molecule has 0 saturated heterocycles. The standard InChI is InChI=1S/C17H24N2O3/c1-11(2)6-7-18-16(20)9-13-10-22-15-8-12(3)4-5-14(15)19-17(13)21/h4-5,8,11,13H,6-7,9-10H2,1-3H3,(H,18,20)(H,19,21). The number of aryl methyl sites for hydroxylation is 1. The van der Waals surface area contributed by atoms with E-state index in [0.29, 0.717) is 23.9 Å². The SMILES string of the molecule is Cc1ccc2c(c1)OCC(CC(=O)NCCC(C)C)C(=O)N2. The van der Waals surface area contributed by atoms with Gasteiger partial charge in [0.15, 0.2) is 0 Å². The van der Waals surface area contributed by atoms with E-state index in [1.807, 2.05) is 25.1 Å². The summed E-state index contributed by atoms with van der Waals surface area (Å²) in [6.45, 7) is 7.05. The van der Waals surface area contributed by atoms with Gasteiger partial charge in [-0.1, -0.05) is 19.9 Å². The van der Waals surface area contributed by atoms with E-state index >= 15 is 0 Å². The Morgan fingerprint density at radius 1 is 1.45 bits per heavy atom. The number of anilines is 1. The summed E-state index contributed by atoms with van der Waals surface area (Å²) >= 11 is 0. The second-order valence-corrected chi connectivity index (χ2v) is 6.23. The van der Waals surface area contributed by atoms with E-state index in [9.17, 15) is 9.59 Å². The summed E-state index contributed by atoms with van der Waals surface area (Å²) in [4.78, 5) is 24.1. The minimum atomic E-state index is -0.466. The average molecular weight is 304 g/mol. The lowest BCUT2D eigenvalue weighted by atomic mass is 10.1. The van der Waals surface area contributed by atoms with Gasteiger partial charge in [0.1, 0.15) is 12.4 Å². The summed E-state index contributed by atoms with van der Waals surface area (Å²) in [5.41, 5.74) is 1.73. The molecule has 0 saturated carbocycles. The van der Waals surface area contributed by atoms with Crippen molar-refractivity contribution in [1.29, 1.82) is 0 Å². The smallest absolute Gasteiger partial charge is 0.231 e. The number of fused-ring (bicyclic) bond motifs is 1. The number of rotatable bonds is 5. The molecule has 22 heavy (non-hydrogen) atoms. The number of amides is 2. The van der Waals surface area contributed by atoms with Crippen LogP contribution in [-0.2, 0) is 9.59 Å². The van der Waals surface area contributed by atoms with Crippen molar-refractivity contribution in [3.05, 3.63) is 23.8 Å². The molecule has 1 aromatic carbocycles. The second-order valence-electron chi connectivity index (χ2n) is 6.23. The Balaban J connectivity index is 1.91. The Morgan fingerprint density at radius 3 is 2.95 bits per heavy atom. The molecule has 1 aromatic rings. The monoisotopic (exact) mass is 304 g/mol. The van der Waals surface area contributed by atoms with E-state index in [4.69, 9.17) is 4.74 Å². The quantitative estimate of drug-likeness (QED) is 0.878. The van der Waals surface area contributed by atoms with E-state index < -0.39 is 5.92 Å². The second kappa shape index (κ2) is 7.29. The predicted molar refractivity (Wildman–Crippen MR) is 85.9 cm³/mol. The van der Waals surface area contributed by atoms with Crippen LogP contribution in [-0.4, -0.2) is 25.0 Å². The number of hydrogen-bond donors (Lipinski definition) is 2. The molecule has 5 nitrogen and oxygen atoms in total. The first kappa shape index (κ1) is 16.3. The highest BCUT2D eigenvalue weighted by molar-refractivity contribution is 5.97. The van der Waals surface area contributed by atoms with Crippen LogP contribution in [0.5, 0.6) is 5.75 Å². The molecule has 2 rings (SSSR count). The zero-order valence-electron chi connectivity index (χ0n) is 13.4. The number of carbonyl (C=O) groups excluding carboxylic acids is 2. The Hall–Kier alpha value is -2.04. The molecule has 0 bridgehead atoms. The number of hydrogen-bond acceptors (Lipinski definition) is 3. The van der Waals surface area contributed by atoms with E-state index in [0.717, 1.165) is 12.0 Å². The van der Waals surface area contributed by atoms with Gasteiger partial charge in [0.2, 0.25) is 11.8 Å². The molecule has 0 aliphatic carbocycles. The summed E-state index contributed by atoms with van der Waals surface area (Å²) in [5.74, 6) is 0.471. The molecular formula is C17H24N2O3. The Morgan fingerprint density at radius 2 is 2.23 bits per heavy atom. The van der Waals surface area contributed by atoms with E-state index in [2.05, 4.69) is 24.5 Å². The molecule has 0 radical (unpaired) electrons. The van der Waals surface area contributed by atoms with Crippen molar-refractivity contribution in [2.45, 2.75) is 33.6 Å². The van der Waals surface area contributed by atoms with Crippen LogP contribution in [0.4, 0.5) is 5.69 Å². The largest absolute Gasteiger partial charge is 0.491 e. The molecule has 2 N–H and O–H groups in total. The Labute approximate surface area is 131 Å². The van der Waals surface area contributed by atoms with Gasteiger partial charge in [-0.15, -0.1) is 0 Å².